The van der Waals surface area contributed by atoms with Gasteiger partial charge in [-0.2, -0.15) is 0 Å². The number of rotatable bonds is 4. The number of benzene rings is 2. The molecule has 34 heavy (non-hydrogen) atoms. The first kappa shape index (κ1) is 21.8. The zero-order valence-electron chi connectivity index (χ0n) is 19.1. The number of hydrogen-bond acceptors (Lipinski definition) is 5. The Morgan fingerprint density at radius 3 is 2.62 bits per heavy atom. The third-order valence-corrected chi connectivity index (χ3v) is 6.35. The Bertz CT molecular complexity index is 1200. The van der Waals surface area contributed by atoms with Crippen LogP contribution in [-0.2, 0) is 0 Å². The van der Waals surface area contributed by atoms with Gasteiger partial charge in [-0.25, -0.2) is 9.78 Å². The lowest BCUT2D eigenvalue weighted by Crippen LogP contribution is -2.44. The smallest absolute Gasteiger partial charge is 0.326 e. The first-order valence-corrected chi connectivity index (χ1v) is 11.5. The molecule has 0 spiro atoms. The van der Waals surface area contributed by atoms with Gasteiger partial charge in [0.15, 0.2) is 0 Å². The molecule has 7 heteroatoms. The van der Waals surface area contributed by atoms with Crippen molar-refractivity contribution in [1.82, 2.24) is 4.98 Å². The first-order chi connectivity index (χ1) is 16.5. The molecule has 2 aliphatic heterocycles. The molecule has 1 aromatic heterocycles. The molecule has 0 bridgehead atoms. The maximum Gasteiger partial charge on any atom is 0.326 e. The molecule has 2 amide bonds. The highest BCUT2D eigenvalue weighted by atomic mass is 16.5. The van der Waals surface area contributed by atoms with E-state index < -0.39 is 0 Å². The molecule has 2 aromatic carbocycles. The molecule has 174 valence electrons. The molecule has 2 atom stereocenters. The highest BCUT2D eigenvalue weighted by Crippen LogP contribution is 2.37. The summed E-state index contributed by atoms with van der Waals surface area (Å²) in [5.74, 6) is 1.91. The summed E-state index contributed by atoms with van der Waals surface area (Å²) in [6, 6.07) is 19.2. The van der Waals surface area contributed by atoms with Crippen LogP contribution in [0.3, 0.4) is 0 Å². The average Bonchev–Trinajstić information content (AvgIpc) is 3.35. The van der Waals surface area contributed by atoms with Crippen molar-refractivity contribution < 1.29 is 14.6 Å². The second kappa shape index (κ2) is 9.09. The molecule has 1 fully saturated rings. The maximum atomic E-state index is 13.0. The molecule has 5 rings (SSSR count). The van der Waals surface area contributed by atoms with E-state index in [1.54, 1.807) is 4.90 Å². The Labute approximate surface area is 199 Å². The number of aromatic nitrogens is 1. The van der Waals surface area contributed by atoms with E-state index in [2.05, 4.69) is 21.8 Å². The van der Waals surface area contributed by atoms with Crippen LogP contribution in [0.4, 0.5) is 22.0 Å². The molecule has 1 saturated heterocycles. The highest BCUT2D eigenvalue weighted by Gasteiger charge is 2.28. The zero-order chi connectivity index (χ0) is 23.7. The summed E-state index contributed by atoms with van der Waals surface area (Å²) < 4.78 is 6.08. The lowest BCUT2D eigenvalue weighted by Gasteiger charge is -2.33. The number of aliphatic hydroxyl groups excluding tert-OH is 1. The van der Waals surface area contributed by atoms with Gasteiger partial charge in [0, 0.05) is 36.5 Å². The van der Waals surface area contributed by atoms with Gasteiger partial charge in [-0.15, -0.1) is 0 Å². The SMILES string of the molecule is C=C(O)C1CCN(c2ccc(-c3ccc4c(c3)OC(C)CN4C(=O)Nc3ccccc3)cn2)C1. The molecule has 0 radical (unpaired) electrons. The van der Waals surface area contributed by atoms with Crippen molar-refractivity contribution in [2.45, 2.75) is 19.4 Å². The fraction of sp³-hybridized carbons (Fsp3) is 0.259. The van der Waals surface area contributed by atoms with Crippen molar-refractivity contribution in [2.75, 3.05) is 34.8 Å². The number of fused-ring (bicyclic) bond motifs is 1. The molecule has 2 N–H and O–H groups in total. The minimum Gasteiger partial charge on any atom is -0.513 e. The van der Waals surface area contributed by atoms with Gasteiger partial charge in [-0.1, -0.05) is 30.8 Å². The van der Waals surface area contributed by atoms with E-state index in [-0.39, 0.29) is 23.8 Å². The van der Waals surface area contributed by atoms with E-state index >= 15 is 0 Å². The van der Waals surface area contributed by atoms with Crippen molar-refractivity contribution in [3.8, 4) is 16.9 Å². The van der Waals surface area contributed by atoms with E-state index in [0.29, 0.717) is 12.3 Å². The van der Waals surface area contributed by atoms with Crippen LogP contribution in [0.5, 0.6) is 5.75 Å². The van der Waals surface area contributed by atoms with E-state index in [4.69, 9.17) is 4.74 Å². The largest absolute Gasteiger partial charge is 0.513 e. The fourth-order valence-corrected chi connectivity index (χ4v) is 4.51. The summed E-state index contributed by atoms with van der Waals surface area (Å²) in [5, 5.41) is 12.6. The molecular weight excluding hydrogens is 428 g/mol. The molecule has 3 heterocycles. The summed E-state index contributed by atoms with van der Waals surface area (Å²) in [6.07, 6.45) is 2.60. The van der Waals surface area contributed by atoms with Crippen LogP contribution in [0.1, 0.15) is 13.3 Å². The summed E-state index contributed by atoms with van der Waals surface area (Å²) in [5.41, 5.74) is 3.44. The number of nitrogens with zero attached hydrogens (tertiary/aromatic N) is 3. The minimum atomic E-state index is -0.184. The van der Waals surface area contributed by atoms with Crippen LogP contribution >= 0.6 is 0 Å². The Morgan fingerprint density at radius 2 is 1.91 bits per heavy atom. The number of amides is 2. The summed E-state index contributed by atoms with van der Waals surface area (Å²) in [4.78, 5) is 21.5. The number of anilines is 3. The molecule has 3 aromatic rings. The maximum absolute atomic E-state index is 13.0. The average molecular weight is 457 g/mol. The van der Waals surface area contributed by atoms with Crippen LogP contribution in [-0.4, -0.2) is 41.9 Å². The third-order valence-electron chi connectivity index (χ3n) is 6.35. The predicted molar refractivity (Wildman–Crippen MR) is 135 cm³/mol. The van der Waals surface area contributed by atoms with E-state index in [0.717, 1.165) is 47.8 Å². The van der Waals surface area contributed by atoms with Gasteiger partial charge >= 0.3 is 6.03 Å². The van der Waals surface area contributed by atoms with Crippen molar-refractivity contribution in [2.24, 2.45) is 5.92 Å². The summed E-state index contributed by atoms with van der Waals surface area (Å²) in [7, 11) is 0. The number of ether oxygens (including phenoxy) is 1. The number of nitrogens with one attached hydrogen (secondary N) is 1. The highest BCUT2D eigenvalue weighted by molar-refractivity contribution is 6.03. The monoisotopic (exact) mass is 456 g/mol. The van der Waals surface area contributed by atoms with Crippen molar-refractivity contribution in [3.63, 3.8) is 0 Å². The summed E-state index contributed by atoms with van der Waals surface area (Å²) >= 11 is 0. The van der Waals surface area contributed by atoms with Crippen molar-refractivity contribution in [3.05, 3.63) is 79.2 Å². The molecule has 0 saturated carbocycles. The third kappa shape index (κ3) is 4.41. The number of aliphatic hydroxyl groups is 1. The van der Waals surface area contributed by atoms with Gasteiger partial charge in [0.25, 0.3) is 0 Å². The zero-order valence-corrected chi connectivity index (χ0v) is 19.1. The minimum absolute atomic E-state index is 0.100. The van der Waals surface area contributed by atoms with Gasteiger partial charge in [0.2, 0.25) is 0 Å². The number of urea groups is 1. The summed E-state index contributed by atoms with van der Waals surface area (Å²) in [6.45, 7) is 7.67. The number of hydrogen-bond donors (Lipinski definition) is 2. The van der Waals surface area contributed by atoms with Gasteiger partial charge < -0.3 is 20.1 Å². The second-order valence-electron chi connectivity index (χ2n) is 8.85. The molecule has 2 unspecified atom stereocenters. The second-order valence-corrected chi connectivity index (χ2v) is 8.85. The Balaban J connectivity index is 1.35. The first-order valence-electron chi connectivity index (χ1n) is 11.5. The van der Waals surface area contributed by atoms with Crippen LogP contribution in [0, 0.1) is 5.92 Å². The quantitative estimate of drug-likeness (QED) is 0.510. The van der Waals surface area contributed by atoms with Crippen molar-refractivity contribution >= 4 is 23.2 Å². The molecule has 0 aliphatic carbocycles. The van der Waals surface area contributed by atoms with Crippen LogP contribution in [0.25, 0.3) is 11.1 Å². The normalized spacial score (nSPS) is 19.3. The van der Waals surface area contributed by atoms with Crippen LogP contribution in [0.2, 0.25) is 0 Å². The van der Waals surface area contributed by atoms with Gasteiger partial charge in [0.05, 0.1) is 18.0 Å². The number of para-hydroxylation sites is 1. The standard InChI is InChI=1S/C27H28N4O3/c1-18-16-31(27(33)29-23-6-4-3-5-7-23)24-10-8-20(14-25(24)34-18)21-9-11-26(28-15-21)30-13-12-22(17-30)19(2)32/h3-11,14-15,18,22,32H,2,12-13,16-17H2,1H3,(H,29,33). The Morgan fingerprint density at radius 1 is 1.12 bits per heavy atom. The van der Waals surface area contributed by atoms with Crippen LogP contribution in [0.15, 0.2) is 79.2 Å². The number of pyridine rings is 1. The van der Waals surface area contributed by atoms with E-state index in [1.165, 1.54) is 0 Å². The molecule has 2 aliphatic rings. The van der Waals surface area contributed by atoms with Gasteiger partial charge in [-0.3, -0.25) is 4.90 Å². The van der Waals surface area contributed by atoms with E-state index in [1.807, 2.05) is 73.8 Å². The number of carbonyl (C=O) groups is 1. The lowest BCUT2D eigenvalue weighted by atomic mass is 10.1. The molecular formula is C27H28N4O3. The van der Waals surface area contributed by atoms with Crippen LogP contribution < -0.4 is 19.9 Å². The van der Waals surface area contributed by atoms with E-state index in [9.17, 15) is 9.90 Å². The fourth-order valence-electron chi connectivity index (χ4n) is 4.51. The number of carbonyl (C=O) groups excluding carboxylic acids is 1. The lowest BCUT2D eigenvalue weighted by molar-refractivity contribution is 0.209. The molecule has 7 nitrogen and oxygen atoms in total. The Hall–Kier alpha value is -4.00. The predicted octanol–water partition coefficient (Wildman–Crippen LogP) is 5.47. The Kier molecular flexibility index (Phi) is 5.84. The van der Waals surface area contributed by atoms with Gasteiger partial charge in [0.1, 0.15) is 17.7 Å². The van der Waals surface area contributed by atoms with Crippen molar-refractivity contribution in [1.29, 1.82) is 0 Å². The van der Waals surface area contributed by atoms with Gasteiger partial charge in [-0.05, 0) is 55.3 Å². The topological polar surface area (TPSA) is 77.9 Å².